The lowest BCUT2D eigenvalue weighted by Crippen LogP contribution is -2.22. The first-order chi connectivity index (χ1) is 12.1. The smallest absolute Gasteiger partial charge is 0.406 e. The maximum Gasteiger partial charge on any atom is 0.573 e. The lowest BCUT2D eigenvalue weighted by molar-refractivity contribution is -0.274. The zero-order valence-electron chi connectivity index (χ0n) is 14.4. The summed E-state index contributed by atoms with van der Waals surface area (Å²) in [6.07, 6.45) is -4.75. The summed E-state index contributed by atoms with van der Waals surface area (Å²) in [4.78, 5) is 19.0. The van der Waals surface area contributed by atoms with E-state index in [1.807, 2.05) is 0 Å². The van der Waals surface area contributed by atoms with Crippen molar-refractivity contribution in [1.82, 2.24) is 9.47 Å². The Bertz CT molecular complexity index is 839. The predicted octanol–water partition coefficient (Wildman–Crippen LogP) is 2.68. The zero-order valence-corrected chi connectivity index (χ0v) is 15.2. The molecule has 26 heavy (non-hydrogen) atoms. The number of nitrogens with zero attached hydrogens (tertiary/aromatic N) is 3. The zero-order chi connectivity index (χ0) is 19.5. The van der Waals surface area contributed by atoms with Gasteiger partial charge in [-0.25, -0.2) is 4.99 Å². The van der Waals surface area contributed by atoms with E-state index in [-0.39, 0.29) is 24.8 Å². The highest BCUT2D eigenvalue weighted by Gasteiger charge is 2.30. The van der Waals surface area contributed by atoms with Crippen LogP contribution in [-0.2, 0) is 6.54 Å². The summed E-state index contributed by atoms with van der Waals surface area (Å²) in [6, 6.07) is 5.09. The monoisotopic (exact) mass is 389 g/mol. The van der Waals surface area contributed by atoms with Crippen LogP contribution in [0.4, 0.5) is 18.9 Å². The van der Waals surface area contributed by atoms with Gasteiger partial charge in [-0.1, -0.05) is 11.3 Å². The first-order valence-corrected chi connectivity index (χ1v) is 8.37. The molecule has 0 fully saturated rings. The molecular formula is C16H18F3N3O3S. The summed E-state index contributed by atoms with van der Waals surface area (Å²) in [6.45, 7) is 1.86. The van der Waals surface area contributed by atoms with Crippen LogP contribution in [0.2, 0.25) is 0 Å². The summed E-state index contributed by atoms with van der Waals surface area (Å²) in [7, 11) is 3.27. The number of carbonyl (C=O) groups excluding carboxylic acids is 1. The fraction of sp³-hybridized carbons (Fsp3) is 0.375. The third kappa shape index (κ3) is 4.85. The molecule has 2 aromatic rings. The quantitative estimate of drug-likeness (QED) is 0.855. The second-order valence-corrected chi connectivity index (χ2v) is 6.51. The molecule has 0 aliphatic carbocycles. The average molecular weight is 389 g/mol. The second kappa shape index (κ2) is 7.92. The highest BCUT2D eigenvalue weighted by molar-refractivity contribution is 7.11. The number of alkyl halides is 3. The molecule has 0 aliphatic heterocycles. The summed E-state index contributed by atoms with van der Waals surface area (Å²) < 4.78 is 42.1. The Morgan fingerprint density at radius 3 is 2.42 bits per heavy atom. The van der Waals surface area contributed by atoms with Gasteiger partial charge in [-0.15, -0.1) is 13.2 Å². The molecule has 0 aliphatic rings. The highest BCUT2D eigenvalue weighted by atomic mass is 32.1. The van der Waals surface area contributed by atoms with Gasteiger partial charge in [-0.2, -0.15) is 0 Å². The van der Waals surface area contributed by atoms with Crippen LogP contribution in [0.15, 0.2) is 29.3 Å². The number of hydrogen-bond acceptors (Lipinski definition) is 5. The van der Waals surface area contributed by atoms with E-state index in [9.17, 15) is 23.1 Å². The van der Waals surface area contributed by atoms with Crippen molar-refractivity contribution < 1.29 is 27.8 Å². The standard InChI is InChI=1S/C16H18F3N3O3S/c1-10-13(14(24)21(2)3)26-15(22(10)8-9-23)20-11-4-6-12(7-5-11)25-16(17,18)19/h4-7,23H,8-9H2,1-3H3/b20-15+. The van der Waals surface area contributed by atoms with Crippen LogP contribution in [0.3, 0.4) is 0 Å². The molecule has 2 rings (SSSR count). The van der Waals surface area contributed by atoms with Crippen molar-refractivity contribution in [2.75, 3.05) is 20.7 Å². The molecule has 142 valence electrons. The van der Waals surface area contributed by atoms with Gasteiger partial charge in [-0.05, 0) is 31.2 Å². The van der Waals surface area contributed by atoms with E-state index in [1.54, 1.807) is 25.6 Å². The molecule has 1 aromatic heterocycles. The Morgan fingerprint density at radius 1 is 1.31 bits per heavy atom. The minimum Gasteiger partial charge on any atom is -0.406 e. The first-order valence-electron chi connectivity index (χ1n) is 7.55. The normalized spacial score (nSPS) is 12.3. The summed E-state index contributed by atoms with van der Waals surface area (Å²) in [5.41, 5.74) is 1.06. The number of aromatic nitrogens is 1. The largest absolute Gasteiger partial charge is 0.573 e. The van der Waals surface area contributed by atoms with Gasteiger partial charge in [0.2, 0.25) is 0 Å². The molecule has 0 atom stereocenters. The van der Waals surface area contributed by atoms with Gasteiger partial charge in [0.05, 0.1) is 12.3 Å². The molecule has 0 saturated carbocycles. The van der Waals surface area contributed by atoms with E-state index in [4.69, 9.17) is 0 Å². The lowest BCUT2D eigenvalue weighted by Gasteiger charge is -2.09. The van der Waals surface area contributed by atoms with E-state index < -0.39 is 6.36 Å². The van der Waals surface area contributed by atoms with Crippen molar-refractivity contribution in [1.29, 1.82) is 0 Å². The van der Waals surface area contributed by atoms with E-state index >= 15 is 0 Å². The number of rotatable bonds is 5. The van der Waals surface area contributed by atoms with E-state index in [2.05, 4.69) is 9.73 Å². The number of aliphatic hydroxyl groups excluding tert-OH is 1. The van der Waals surface area contributed by atoms with Crippen LogP contribution >= 0.6 is 11.3 Å². The van der Waals surface area contributed by atoms with Gasteiger partial charge >= 0.3 is 6.36 Å². The van der Waals surface area contributed by atoms with Crippen molar-refractivity contribution in [2.24, 2.45) is 4.99 Å². The number of thiazole rings is 1. The molecule has 0 spiro atoms. The van der Waals surface area contributed by atoms with Gasteiger partial charge in [0.1, 0.15) is 10.6 Å². The van der Waals surface area contributed by atoms with Gasteiger partial charge in [0.25, 0.3) is 5.91 Å². The number of amides is 1. The summed E-state index contributed by atoms with van der Waals surface area (Å²) in [5.74, 6) is -0.528. The molecule has 0 radical (unpaired) electrons. The van der Waals surface area contributed by atoms with E-state index in [1.165, 1.54) is 17.0 Å². The Labute approximate surface area is 151 Å². The summed E-state index contributed by atoms with van der Waals surface area (Å²) in [5, 5.41) is 9.26. The van der Waals surface area contributed by atoms with Gasteiger partial charge in [0.15, 0.2) is 4.80 Å². The number of halogens is 3. The van der Waals surface area contributed by atoms with Crippen LogP contribution in [0, 0.1) is 6.92 Å². The Morgan fingerprint density at radius 2 is 1.92 bits per heavy atom. The average Bonchev–Trinajstić information content (AvgIpc) is 2.84. The van der Waals surface area contributed by atoms with Crippen LogP contribution in [0.25, 0.3) is 0 Å². The Kier molecular flexibility index (Phi) is 6.09. The van der Waals surface area contributed by atoms with Gasteiger partial charge < -0.3 is 19.3 Å². The van der Waals surface area contributed by atoms with Crippen molar-refractivity contribution >= 4 is 22.9 Å². The minimum absolute atomic E-state index is 0.140. The van der Waals surface area contributed by atoms with E-state index in [0.717, 1.165) is 23.5 Å². The van der Waals surface area contributed by atoms with Crippen LogP contribution < -0.4 is 9.54 Å². The van der Waals surface area contributed by atoms with Gasteiger partial charge in [-0.3, -0.25) is 4.79 Å². The van der Waals surface area contributed by atoms with Crippen molar-refractivity contribution in [3.8, 4) is 5.75 Å². The molecule has 0 bridgehead atoms. The number of hydrogen-bond donors (Lipinski definition) is 1. The maximum absolute atomic E-state index is 12.3. The molecule has 0 unspecified atom stereocenters. The van der Waals surface area contributed by atoms with Crippen LogP contribution in [0.5, 0.6) is 5.75 Å². The molecule has 1 aromatic carbocycles. The second-order valence-electron chi connectivity index (χ2n) is 5.53. The molecule has 1 amide bonds. The van der Waals surface area contributed by atoms with E-state index in [0.29, 0.717) is 21.1 Å². The van der Waals surface area contributed by atoms with Crippen molar-refractivity contribution in [3.05, 3.63) is 39.6 Å². The van der Waals surface area contributed by atoms with Crippen molar-refractivity contribution in [3.63, 3.8) is 0 Å². The predicted molar refractivity (Wildman–Crippen MR) is 90.5 cm³/mol. The molecule has 0 saturated heterocycles. The van der Waals surface area contributed by atoms with Crippen LogP contribution in [-0.4, -0.2) is 47.5 Å². The SMILES string of the molecule is Cc1c(C(=O)N(C)C)s/c(=N/c2ccc(OC(F)(F)F)cc2)n1CCO. The molecule has 6 nitrogen and oxygen atoms in total. The van der Waals surface area contributed by atoms with Gasteiger partial charge in [0, 0.05) is 26.3 Å². The third-order valence-electron chi connectivity index (χ3n) is 3.38. The fourth-order valence-electron chi connectivity index (χ4n) is 2.17. The van der Waals surface area contributed by atoms with Crippen molar-refractivity contribution in [2.45, 2.75) is 19.8 Å². The first kappa shape index (κ1) is 20.0. The number of aliphatic hydroxyl groups is 1. The minimum atomic E-state index is -4.75. The Hall–Kier alpha value is -2.33. The number of benzene rings is 1. The lowest BCUT2D eigenvalue weighted by atomic mass is 10.3. The molecular weight excluding hydrogens is 371 g/mol. The molecule has 1 N–H and O–H groups in total. The van der Waals surface area contributed by atoms with Crippen LogP contribution in [0.1, 0.15) is 15.4 Å². The highest BCUT2D eigenvalue weighted by Crippen LogP contribution is 2.25. The number of ether oxygens (including phenoxy) is 1. The molecule has 10 heteroatoms. The Balaban J connectivity index is 2.43. The maximum atomic E-state index is 12.3. The summed E-state index contributed by atoms with van der Waals surface area (Å²) >= 11 is 1.15. The topological polar surface area (TPSA) is 67.1 Å². The fourth-order valence-corrected chi connectivity index (χ4v) is 3.37. The number of carbonyl (C=O) groups is 1. The third-order valence-corrected chi connectivity index (χ3v) is 4.55. The molecule has 1 heterocycles.